The van der Waals surface area contributed by atoms with Gasteiger partial charge in [-0.25, -0.2) is 0 Å². The number of nitrogens with zero attached hydrogens (tertiary/aromatic N) is 2. The summed E-state index contributed by atoms with van der Waals surface area (Å²) in [5.74, 6) is 0.402. The molecule has 0 aliphatic heterocycles. The predicted molar refractivity (Wildman–Crippen MR) is 80.5 cm³/mol. The maximum atomic E-state index is 12.0. The van der Waals surface area contributed by atoms with E-state index in [0.29, 0.717) is 5.82 Å². The second-order valence-corrected chi connectivity index (χ2v) is 5.94. The molecular weight excluding hydrogens is 284 g/mol. The zero-order chi connectivity index (χ0) is 16.3. The highest BCUT2D eigenvalue weighted by Gasteiger charge is 2.27. The molecule has 22 heavy (non-hydrogen) atoms. The number of carbonyl (C=O) groups excluding carboxylic acids is 1. The van der Waals surface area contributed by atoms with Crippen LogP contribution in [0.1, 0.15) is 39.5 Å². The average Bonchev–Trinajstić information content (AvgIpc) is 2.94. The smallest absolute Gasteiger partial charge is 0.318 e. The molecule has 6 nitrogen and oxygen atoms in total. The standard InChI is InChI=1S/C16H20N2O4/c1-10(15(19)21-16(2,3)4)14-17-13(18-22-14)11-6-8-12(20-5)9-7-11/h6-10H,1-5H3. The molecule has 0 radical (unpaired) electrons. The molecule has 118 valence electrons. The number of esters is 1. The molecule has 2 aromatic rings. The van der Waals surface area contributed by atoms with E-state index in [9.17, 15) is 4.79 Å². The van der Waals surface area contributed by atoms with Gasteiger partial charge in [0.15, 0.2) is 0 Å². The Balaban J connectivity index is 2.14. The molecule has 0 saturated carbocycles. The van der Waals surface area contributed by atoms with Crippen LogP contribution in [0.5, 0.6) is 5.75 Å². The van der Waals surface area contributed by atoms with E-state index in [2.05, 4.69) is 10.1 Å². The summed E-state index contributed by atoms with van der Waals surface area (Å²) in [7, 11) is 1.60. The molecular formula is C16H20N2O4. The topological polar surface area (TPSA) is 74.5 Å². The number of benzene rings is 1. The third-order valence-corrected chi connectivity index (χ3v) is 2.92. The highest BCUT2D eigenvalue weighted by molar-refractivity contribution is 5.76. The molecule has 1 aromatic carbocycles. The SMILES string of the molecule is COc1ccc(-c2noc(C(C)C(=O)OC(C)(C)C)n2)cc1. The lowest BCUT2D eigenvalue weighted by Gasteiger charge is -2.20. The molecule has 0 aliphatic rings. The molecule has 1 unspecified atom stereocenters. The summed E-state index contributed by atoms with van der Waals surface area (Å²) >= 11 is 0. The Morgan fingerprint density at radius 3 is 2.41 bits per heavy atom. The summed E-state index contributed by atoms with van der Waals surface area (Å²) < 4.78 is 15.6. The number of rotatable bonds is 4. The summed E-state index contributed by atoms with van der Waals surface area (Å²) in [5, 5.41) is 3.91. The lowest BCUT2D eigenvalue weighted by Crippen LogP contribution is -2.26. The van der Waals surface area contributed by atoms with Gasteiger partial charge in [-0.15, -0.1) is 0 Å². The van der Waals surface area contributed by atoms with Crippen LogP contribution < -0.4 is 4.74 Å². The van der Waals surface area contributed by atoms with Crippen LogP contribution >= 0.6 is 0 Å². The summed E-state index contributed by atoms with van der Waals surface area (Å²) in [6, 6.07) is 7.27. The molecule has 0 N–H and O–H groups in total. The second kappa shape index (κ2) is 6.17. The Morgan fingerprint density at radius 1 is 1.23 bits per heavy atom. The summed E-state index contributed by atoms with van der Waals surface area (Å²) in [6.07, 6.45) is 0. The van der Waals surface area contributed by atoms with E-state index in [0.717, 1.165) is 11.3 Å². The minimum absolute atomic E-state index is 0.236. The van der Waals surface area contributed by atoms with Crippen LogP contribution in [0.25, 0.3) is 11.4 Å². The van der Waals surface area contributed by atoms with Gasteiger partial charge in [0.05, 0.1) is 7.11 Å². The van der Waals surface area contributed by atoms with Crippen molar-refractivity contribution in [2.45, 2.75) is 39.2 Å². The van der Waals surface area contributed by atoms with E-state index in [4.69, 9.17) is 14.0 Å². The van der Waals surface area contributed by atoms with Gasteiger partial charge in [-0.3, -0.25) is 4.79 Å². The lowest BCUT2D eigenvalue weighted by atomic mass is 10.1. The molecule has 0 spiro atoms. The first kappa shape index (κ1) is 16.0. The normalized spacial score (nSPS) is 12.8. The molecule has 0 fully saturated rings. The van der Waals surface area contributed by atoms with Crippen molar-refractivity contribution in [1.29, 1.82) is 0 Å². The second-order valence-electron chi connectivity index (χ2n) is 5.94. The number of hydrogen-bond acceptors (Lipinski definition) is 6. The van der Waals surface area contributed by atoms with Gasteiger partial charge in [-0.05, 0) is 52.0 Å². The summed E-state index contributed by atoms with van der Waals surface area (Å²) in [4.78, 5) is 16.3. The number of methoxy groups -OCH3 is 1. The zero-order valence-corrected chi connectivity index (χ0v) is 13.4. The van der Waals surface area contributed by atoms with Crippen LogP contribution in [0.15, 0.2) is 28.8 Å². The summed E-state index contributed by atoms with van der Waals surface area (Å²) in [6.45, 7) is 7.12. The van der Waals surface area contributed by atoms with Crippen LogP contribution in [-0.4, -0.2) is 28.8 Å². The molecule has 1 atom stereocenters. The van der Waals surface area contributed by atoms with E-state index in [1.54, 1.807) is 14.0 Å². The molecule has 0 bridgehead atoms. The van der Waals surface area contributed by atoms with Gasteiger partial charge in [0, 0.05) is 5.56 Å². The van der Waals surface area contributed by atoms with E-state index >= 15 is 0 Å². The van der Waals surface area contributed by atoms with Crippen LogP contribution in [-0.2, 0) is 9.53 Å². The van der Waals surface area contributed by atoms with Crippen molar-refractivity contribution < 1.29 is 18.8 Å². The third-order valence-electron chi connectivity index (χ3n) is 2.92. The Labute approximate surface area is 129 Å². The molecule has 2 rings (SSSR count). The highest BCUT2D eigenvalue weighted by Crippen LogP contribution is 2.23. The summed E-state index contributed by atoms with van der Waals surface area (Å²) in [5.41, 5.74) is 0.233. The molecule has 0 saturated heterocycles. The first-order valence-electron chi connectivity index (χ1n) is 7.01. The van der Waals surface area contributed by atoms with Crippen LogP contribution in [0.3, 0.4) is 0 Å². The fourth-order valence-electron chi connectivity index (χ4n) is 1.76. The number of carbonyl (C=O) groups is 1. The van der Waals surface area contributed by atoms with E-state index < -0.39 is 17.5 Å². The lowest BCUT2D eigenvalue weighted by molar-refractivity contribution is -0.156. The van der Waals surface area contributed by atoms with Crippen molar-refractivity contribution in [2.24, 2.45) is 0 Å². The van der Waals surface area contributed by atoms with E-state index in [-0.39, 0.29) is 5.89 Å². The molecule has 0 amide bonds. The largest absolute Gasteiger partial charge is 0.497 e. The fraction of sp³-hybridized carbons (Fsp3) is 0.438. The molecule has 6 heteroatoms. The van der Waals surface area contributed by atoms with Gasteiger partial charge in [0.1, 0.15) is 17.3 Å². The van der Waals surface area contributed by atoms with Gasteiger partial charge in [-0.2, -0.15) is 4.98 Å². The van der Waals surface area contributed by atoms with Gasteiger partial charge < -0.3 is 14.0 Å². The molecule has 1 heterocycles. The maximum Gasteiger partial charge on any atom is 0.318 e. The number of ether oxygens (including phenoxy) is 2. The Morgan fingerprint density at radius 2 is 1.86 bits per heavy atom. The average molecular weight is 304 g/mol. The van der Waals surface area contributed by atoms with E-state index in [1.807, 2.05) is 45.0 Å². The van der Waals surface area contributed by atoms with Crippen molar-refractivity contribution in [3.63, 3.8) is 0 Å². The minimum atomic E-state index is -0.612. The van der Waals surface area contributed by atoms with Crippen molar-refractivity contribution in [3.05, 3.63) is 30.2 Å². The van der Waals surface area contributed by atoms with Gasteiger partial charge in [-0.1, -0.05) is 5.16 Å². The predicted octanol–water partition coefficient (Wildman–Crippen LogP) is 3.19. The number of aromatic nitrogens is 2. The van der Waals surface area contributed by atoms with Crippen molar-refractivity contribution >= 4 is 5.97 Å². The first-order chi connectivity index (χ1) is 10.3. The van der Waals surface area contributed by atoms with E-state index in [1.165, 1.54) is 0 Å². The Bertz CT molecular complexity index is 641. The minimum Gasteiger partial charge on any atom is -0.497 e. The van der Waals surface area contributed by atoms with Gasteiger partial charge in [0.2, 0.25) is 11.7 Å². The number of hydrogen-bond donors (Lipinski definition) is 0. The Hall–Kier alpha value is -2.37. The first-order valence-corrected chi connectivity index (χ1v) is 7.01. The van der Waals surface area contributed by atoms with Crippen LogP contribution in [0.2, 0.25) is 0 Å². The fourth-order valence-corrected chi connectivity index (χ4v) is 1.76. The monoisotopic (exact) mass is 304 g/mol. The van der Waals surface area contributed by atoms with Crippen molar-refractivity contribution in [2.75, 3.05) is 7.11 Å². The quantitative estimate of drug-likeness (QED) is 0.808. The van der Waals surface area contributed by atoms with Gasteiger partial charge >= 0.3 is 5.97 Å². The van der Waals surface area contributed by atoms with Crippen LogP contribution in [0, 0.1) is 0 Å². The third kappa shape index (κ3) is 3.84. The van der Waals surface area contributed by atoms with Crippen molar-refractivity contribution in [1.82, 2.24) is 10.1 Å². The van der Waals surface area contributed by atoms with Crippen LogP contribution in [0.4, 0.5) is 0 Å². The maximum absolute atomic E-state index is 12.0. The zero-order valence-electron chi connectivity index (χ0n) is 13.4. The molecule has 0 aliphatic carbocycles. The highest BCUT2D eigenvalue weighted by atomic mass is 16.6. The van der Waals surface area contributed by atoms with Crippen molar-refractivity contribution in [3.8, 4) is 17.1 Å². The Kier molecular flexibility index (Phi) is 4.49. The van der Waals surface area contributed by atoms with Gasteiger partial charge in [0.25, 0.3) is 0 Å². The molecule has 1 aromatic heterocycles.